The highest BCUT2D eigenvalue weighted by Gasteiger charge is 2.21. The lowest BCUT2D eigenvalue weighted by atomic mass is 10.2. The molecule has 0 aliphatic carbocycles. The minimum Gasteiger partial charge on any atom is -0.379 e. The van der Waals surface area contributed by atoms with Crippen LogP contribution < -0.4 is 5.32 Å². The number of hydrogen-bond acceptors (Lipinski definition) is 3. The van der Waals surface area contributed by atoms with E-state index in [1.54, 1.807) is 0 Å². The number of ether oxygens (including phenoxy) is 2. The molecule has 1 N–H and O–H groups in total. The lowest BCUT2D eigenvalue weighted by Crippen LogP contribution is -2.19. The minimum absolute atomic E-state index is 0.326. The minimum atomic E-state index is 0.326. The molecule has 0 amide bonds. The van der Waals surface area contributed by atoms with E-state index in [-0.39, 0.29) is 0 Å². The van der Waals surface area contributed by atoms with E-state index in [4.69, 9.17) is 9.47 Å². The van der Waals surface area contributed by atoms with E-state index in [0.29, 0.717) is 12.2 Å². The van der Waals surface area contributed by atoms with E-state index in [9.17, 15) is 0 Å². The van der Waals surface area contributed by atoms with Gasteiger partial charge in [0.2, 0.25) is 0 Å². The van der Waals surface area contributed by atoms with Crippen LogP contribution in [0.4, 0.5) is 0 Å². The van der Waals surface area contributed by atoms with Gasteiger partial charge >= 0.3 is 0 Å². The molecule has 0 spiro atoms. The average Bonchev–Trinajstić information content (AvgIpc) is 2.85. The van der Waals surface area contributed by atoms with Gasteiger partial charge in [-0.15, -0.1) is 0 Å². The first-order chi connectivity index (χ1) is 9.34. The van der Waals surface area contributed by atoms with Crippen LogP contribution >= 0.6 is 0 Å². The molecular weight excluding hydrogens is 238 g/mol. The second-order valence-corrected chi connectivity index (χ2v) is 5.24. The van der Waals surface area contributed by atoms with Crippen molar-refractivity contribution in [1.82, 2.24) is 5.32 Å². The predicted molar refractivity (Wildman–Crippen MR) is 77.2 cm³/mol. The average molecular weight is 263 g/mol. The molecule has 2 rings (SSSR count). The van der Waals surface area contributed by atoms with E-state index >= 15 is 0 Å². The van der Waals surface area contributed by atoms with Crippen molar-refractivity contribution in [3.8, 4) is 0 Å². The summed E-state index contributed by atoms with van der Waals surface area (Å²) in [5.41, 5.74) is 1.33. The van der Waals surface area contributed by atoms with Crippen LogP contribution in [0.1, 0.15) is 31.7 Å². The number of rotatable bonds is 8. The molecule has 1 aliphatic heterocycles. The van der Waals surface area contributed by atoms with Gasteiger partial charge in [0.15, 0.2) is 0 Å². The lowest BCUT2D eigenvalue weighted by Gasteiger charge is -2.11. The van der Waals surface area contributed by atoms with Crippen LogP contribution in [0.5, 0.6) is 0 Å². The Kier molecular flexibility index (Phi) is 6.34. The Morgan fingerprint density at radius 2 is 2.11 bits per heavy atom. The molecule has 3 nitrogen and oxygen atoms in total. The molecule has 106 valence electrons. The third-order valence-electron chi connectivity index (χ3n) is 3.44. The van der Waals surface area contributed by atoms with Gasteiger partial charge in [-0.25, -0.2) is 0 Å². The standard InChI is InChI=1S/C16H25NO2/c1-14-8-9-16(19-14)13-18-11-5-10-17-12-15-6-3-2-4-7-15/h2-4,6-7,14,16-17H,5,8-13H2,1H3. The fraction of sp³-hybridized carbons (Fsp3) is 0.625. The van der Waals surface area contributed by atoms with Crippen LogP contribution in [-0.4, -0.2) is 32.0 Å². The summed E-state index contributed by atoms with van der Waals surface area (Å²) in [6.45, 7) is 5.63. The number of hydrogen-bond donors (Lipinski definition) is 1. The Balaban J connectivity index is 1.42. The summed E-state index contributed by atoms with van der Waals surface area (Å²) in [5, 5.41) is 3.43. The second kappa shape index (κ2) is 8.31. The van der Waals surface area contributed by atoms with Crippen molar-refractivity contribution in [2.45, 2.75) is 44.9 Å². The van der Waals surface area contributed by atoms with Gasteiger partial charge in [0.1, 0.15) is 0 Å². The molecule has 0 aromatic heterocycles. The van der Waals surface area contributed by atoms with E-state index in [2.05, 4.69) is 36.5 Å². The van der Waals surface area contributed by atoms with Crippen molar-refractivity contribution in [1.29, 1.82) is 0 Å². The molecule has 1 aliphatic rings. The molecule has 3 heteroatoms. The molecule has 1 heterocycles. The highest BCUT2D eigenvalue weighted by molar-refractivity contribution is 5.14. The fourth-order valence-corrected chi connectivity index (χ4v) is 2.35. The first-order valence-corrected chi connectivity index (χ1v) is 7.32. The van der Waals surface area contributed by atoms with Gasteiger partial charge in [0.25, 0.3) is 0 Å². The highest BCUT2D eigenvalue weighted by atomic mass is 16.5. The van der Waals surface area contributed by atoms with Crippen molar-refractivity contribution in [2.24, 2.45) is 0 Å². The normalized spacial score (nSPS) is 22.8. The molecular formula is C16H25NO2. The summed E-state index contributed by atoms with van der Waals surface area (Å²) in [7, 11) is 0. The molecule has 1 aromatic rings. The molecule has 0 saturated carbocycles. The van der Waals surface area contributed by atoms with Gasteiger partial charge in [0.05, 0.1) is 18.8 Å². The topological polar surface area (TPSA) is 30.5 Å². The summed E-state index contributed by atoms with van der Waals surface area (Å²) in [5.74, 6) is 0. The van der Waals surface area contributed by atoms with Gasteiger partial charge in [-0.1, -0.05) is 30.3 Å². The quantitative estimate of drug-likeness (QED) is 0.732. The Hall–Kier alpha value is -0.900. The predicted octanol–water partition coefficient (Wildman–Crippen LogP) is 2.75. The second-order valence-electron chi connectivity index (χ2n) is 5.24. The van der Waals surface area contributed by atoms with Crippen LogP contribution in [0, 0.1) is 0 Å². The number of nitrogens with one attached hydrogen (secondary N) is 1. The molecule has 2 unspecified atom stereocenters. The van der Waals surface area contributed by atoms with Gasteiger partial charge in [0, 0.05) is 13.2 Å². The zero-order valence-corrected chi connectivity index (χ0v) is 11.8. The maximum absolute atomic E-state index is 5.71. The van der Waals surface area contributed by atoms with E-state index in [1.165, 1.54) is 12.0 Å². The monoisotopic (exact) mass is 263 g/mol. The zero-order chi connectivity index (χ0) is 13.3. The molecule has 1 fully saturated rings. The van der Waals surface area contributed by atoms with E-state index in [1.807, 2.05) is 6.07 Å². The van der Waals surface area contributed by atoms with Gasteiger partial charge < -0.3 is 14.8 Å². The molecule has 1 saturated heterocycles. The van der Waals surface area contributed by atoms with E-state index < -0.39 is 0 Å². The van der Waals surface area contributed by atoms with Crippen LogP contribution in [0.15, 0.2) is 30.3 Å². The summed E-state index contributed by atoms with van der Waals surface area (Å²) >= 11 is 0. The van der Waals surface area contributed by atoms with Crippen LogP contribution in [0.3, 0.4) is 0 Å². The van der Waals surface area contributed by atoms with Crippen molar-refractivity contribution >= 4 is 0 Å². The summed E-state index contributed by atoms with van der Waals surface area (Å²) in [4.78, 5) is 0. The van der Waals surface area contributed by atoms with Crippen molar-refractivity contribution in [3.63, 3.8) is 0 Å². The largest absolute Gasteiger partial charge is 0.379 e. The Bertz CT molecular complexity index is 342. The molecule has 1 aromatic carbocycles. The van der Waals surface area contributed by atoms with Gasteiger partial charge in [-0.2, -0.15) is 0 Å². The molecule has 0 bridgehead atoms. The maximum Gasteiger partial charge on any atom is 0.0813 e. The first-order valence-electron chi connectivity index (χ1n) is 7.32. The maximum atomic E-state index is 5.71. The summed E-state index contributed by atoms with van der Waals surface area (Å²) < 4.78 is 11.4. The SMILES string of the molecule is CC1CCC(COCCCNCc2ccccc2)O1. The van der Waals surface area contributed by atoms with Crippen LogP contribution in [0.2, 0.25) is 0 Å². The molecule has 2 atom stereocenters. The smallest absolute Gasteiger partial charge is 0.0813 e. The van der Waals surface area contributed by atoms with Crippen molar-refractivity contribution in [3.05, 3.63) is 35.9 Å². The Morgan fingerprint density at radius 3 is 2.84 bits per heavy atom. The van der Waals surface area contributed by atoms with Crippen LogP contribution in [0.25, 0.3) is 0 Å². The Labute approximate surface area is 116 Å². The summed E-state index contributed by atoms with van der Waals surface area (Å²) in [6.07, 6.45) is 4.11. The fourth-order valence-electron chi connectivity index (χ4n) is 2.35. The molecule has 0 radical (unpaired) electrons. The Morgan fingerprint density at radius 1 is 1.26 bits per heavy atom. The first kappa shape index (κ1) is 14.5. The third kappa shape index (κ3) is 5.72. The van der Waals surface area contributed by atoms with Gasteiger partial charge in [-0.05, 0) is 38.3 Å². The summed E-state index contributed by atoms with van der Waals surface area (Å²) in [6, 6.07) is 10.5. The van der Waals surface area contributed by atoms with Crippen molar-refractivity contribution in [2.75, 3.05) is 19.8 Å². The lowest BCUT2D eigenvalue weighted by molar-refractivity contribution is -0.00951. The van der Waals surface area contributed by atoms with Crippen LogP contribution in [-0.2, 0) is 16.0 Å². The number of benzene rings is 1. The zero-order valence-electron chi connectivity index (χ0n) is 11.8. The third-order valence-corrected chi connectivity index (χ3v) is 3.44. The molecule has 19 heavy (non-hydrogen) atoms. The highest BCUT2D eigenvalue weighted by Crippen LogP contribution is 2.18. The van der Waals surface area contributed by atoms with Crippen molar-refractivity contribution < 1.29 is 9.47 Å². The van der Waals surface area contributed by atoms with Gasteiger partial charge in [-0.3, -0.25) is 0 Å². The van der Waals surface area contributed by atoms with E-state index in [0.717, 1.165) is 39.1 Å².